The second-order valence-electron chi connectivity index (χ2n) is 3.74. The van der Waals surface area contributed by atoms with Crippen LogP contribution < -0.4 is 4.74 Å². The van der Waals surface area contributed by atoms with Crippen molar-refractivity contribution in [2.45, 2.75) is 6.92 Å². The maximum atomic E-state index is 5.72. The minimum atomic E-state index is 0.666. The van der Waals surface area contributed by atoms with Crippen LogP contribution in [0.5, 0.6) is 5.75 Å². The van der Waals surface area contributed by atoms with Crippen LogP contribution in [0.25, 0.3) is 22.1 Å². The number of hydrogen-bond acceptors (Lipinski definition) is 3. The Morgan fingerprint density at radius 2 is 2.00 bits per heavy atom. The Morgan fingerprint density at radius 1 is 1.12 bits per heavy atom. The van der Waals surface area contributed by atoms with Gasteiger partial charge in [-0.15, -0.1) is 0 Å². The van der Waals surface area contributed by atoms with Crippen LogP contribution >= 0.6 is 0 Å². The fourth-order valence-electron chi connectivity index (χ4n) is 1.91. The van der Waals surface area contributed by atoms with E-state index in [1.165, 1.54) is 0 Å². The fraction of sp³-hybridized carbons (Fsp3) is 0.154. The van der Waals surface area contributed by atoms with Crippen LogP contribution in [-0.4, -0.2) is 12.1 Å². The van der Waals surface area contributed by atoms with Gasteiger partial charge in [-0.3, -0.25) is 0 Å². The van der Waals surface area contributed by atoms with E-state index in [2.05, 4.69) is 4.98 Å². The fourth-order valence-corrected chi connectivity index (χ4v) is 1.91. The second-order valence-corrected chi connectivity index (χ2v) is 3.74. The molecule has 0 spiro atoms. The molecule has 3 aromatic rings. The molecule has 1 aromatic carbocycles. The number of benzene rings is 1. The van der Waals surface area contributed by atoms with Gasteiger partial charge in [-0.25, -0.2) is 4.98 Å². The monoisotopic (exact) mass is 213 g/mol. The van der Waals surface area contributed by atoms with Crippen LogP contribution in [0.1, 0.15) is 5.69 Å². The van der Waals surface area contributed by atoms with E-state index >= 15 is 0 Å². The van der Waals surface area contributed by atoms with E-state index in [4.69, 9.17) is 9.15 Å². The first kappa shape index (κ1) is 9.21. The number of aromatic nitrogens is 1. The van der Waals surface area contributed by atoms with Crippen molar-refractivity contribution in [2.24, 2.45) is 0 Å². The number of hydrogen-bond donors (Lipinski definition) is 0. The molecule has 80 valence electrons. The van der Waals surface area contributed by atoms with Crippen molar-refractivity contribution in [3.05, 3.63) is 36.0 Å². The molecule has 2 aromatic heterocycles. The van der Waals surface area contributed by atoms with Gasteiger partial charge in [0.15, 0.2) is 11.3 Å². The van der Waals surface area contributed by atoms with Crippen molar-refractivity contribution in [3.63, 3.8) is 0 Å². The molecule has 0 bridgehead atoms. The molecular formula is C13H11NO2. The average molecular weight is 213 g/mol. The molecule has 0 aliphatic carbocycles. The van der Waals surface area contributed by atoms with E-state index in [9.17, 15) is 0 Å². The number of fused-ring (bicyclic) bond motifs is 3. The van der Waals surface area contributed by atoms with Gasteiger partial charge in [-0.05, 0) is 25.1 Å². The quantitative estimate of drug-likeness (QED) is 0.622. The lowest BCUT2D eigenvalue weighted by molar-refractivity contribution is 0.411. The summed E-state index contributed by atoms with van der Waals surface area (Å²) in [5.41, 5.74) is 2.38. The SMILES string of the molecule is COc1cccc2c1oc1nc(C)ccc12. The smallest absolute Gasteiger partial charge is 0.227 e. The molecule has 0 saturated heterocycles. The van der Waals surface area contributed by atoms with Gasteiger partial charge in [-0.1, -0.05) is 12.1 Å². The van der Waals surface area contributed by atoms with Crippen molar-refractivity contribution in [3.8, 4) is 5.75 Å². The van der Waals surface area contributed by atoms with Gasteiger partial charge in [0.25, 0.3) is 0 Å². The van der Waals surface area contributed by atoms with Gasteiger partial charge in [0.05, 0.1) is 7.11 Å². The molecular weight excluding hydrogens is 202 g/mol. The lowest BCUT2D eigenvalue weighted by Crippen LogP contribution is -1.81. The van der Waals surface area contributed by atoms with Crippen LogP contribution in [0.2, 0.25) is 0 Å². The molecule has 2 heterocycles. The number of methoxy groups -OCH3 is 1. The summed E-state index contributed by atoms with van der Waals surface area (Å²) in [7, 11) is 1.64. The van der Waals surface area contributed by atoms with E-state index in [1.54, 1.807) is 7.11 Å². The number of nitrogens with zero attached hydrogens (tertiary/aromatic N) is 1. The first-order valence-electron chi connectivity index (χ1n) is 5.12. The minimum Gasteiger partial charge on any atom is -0.493 e. The Bertz CT molecular complexity index is 670. The Hall–Kier alpha value is -2.03. The van der Waals surface area contributed by atoms with Gasteiger partial charge >= 0.3 is 0 Å². The van der Waals surface area contributed by atoms with Crippen LogP contribution in [0, 0.1) is 6.92 Å². The second kappa shape index (κ2) is 3.23. The van der Waals surface area contributed by atoms with Gasteiger partial charge in [0.2, 0.25) is 5.71 Å². The molecule has 3 rings (SSSR count). The third kappa shape index (κ3) is 1.18. The lowest BCUT2D eigenvalue weighted by Gasteiger charge is -1.97. The molecule has 0 aliphatic rings. The summed E-state index contributed by atoms with van der Waals surface area (Å²) in [5, 5.41) is 2.07. The molecule has 0 amide bonds. The zero-order valence-electron chi connectivity index (χ0n) is 9.15. The van der Waals surface area contributed by atoms with Crippen LogP contribution in [0.15, 0.2) is 34.7 Å². The molecule has 16 heavy (non-hydrogen) atoms. The zero-order chi connectivity index (χ0) is 11.1. The number of furan rings is 1. The molecule has 0 fully saturated rings. The molecule has 0 saturated carbocycles. The average Bonchev–Trinajstić information content (AvgIpc) is 2.65. The Balaban J connectivity index is 2.49. The summed E-state index contributed by atoms with van der Waals surface area (Å²) >= 11 is 0. The summed E-state index contributed by atoms with van der Waals surface area (Å²) in [6.07, 6.45) is 0. The van der Waals surface area contributed by atoms with Crippen LogP contribution in [-0.2, 0) is 0 Å². The molecule has 3 heteroatoms. The third-order valence-corrected chi connectivity index (χ3v) is 2.69. The molecule has 0 atom stereocenters. The maximum absolute atomic E-state index is 5.72. The first-order chi connectivity index (χ1) is 7.79. The summed E-state index contributed by atoms with van der Waals surface area (Å²) in [5.74, 6) is 0.744. The lowest BCUT2D eigenvalue weighted by atomic mass is 10.2. The van der Waals surface area contributed by atoms with E-state index in [1.807, 2.05) is 37.3 Å². The van der Waals surface area contributed by atoms with Crippen molar-refractivity contribution in [2.75, 3.05) is 7.11 Å². The van der Waals surface area contributed by atoms with Gasteiger partial charge < -0.3 is 9.15 Å². The summed E-state index contributed by atoms with van der Waals surface area (Å²) in [6, 6.07) is 9.87. The maximum Gasteiger partial charge on any atom is 0.227 e. The number of pyridine rings is 1. The molecule has 3 nitrogen and oxygen atoms in total. The van der Waals surface area contributed by atoms with Crippen molar-refractivity contribution in [1.29, 1.82) is 0 Å². The van der Waals surface area contributed by atoms with Gasteiger partial charge in [0.1, 0.15) is 0 Å². The predicted molar refractivity (Wildman–Crippen MR) is 62.8 cm³/mol. The highest BCUT2D eigenvalue weighted by atomic mass is 16.5. The topological polar surface area (TPSA) is 35.3 Å². The Morgan fingerprint density at radius 3 is 2.81 bits per heavy atom. The largest absolute Gasteiger partial charge is 0.493 e. The molecule has 0 aliphatic heterocycles. The summed E-state index contributed by atoms with van der Waals surface area (Å²) < 4.78 is 11.0. The van der Waals surface area contributed by atoms with E-state index in [-0.39, 0.29) is 0 Å². The van der Waals surface area contributed by atoms with Crippen molar-refractivity contribution >= 4 is 22.1 Å². The number of ether oxygens (including phenoxy) is 1. The number of para-hydroxylation sites is 1. The summed E-state index contributed by atoms with van der Waals surface area (Å²) in [6.45, 7) is 1.95. The highest BCUT2D eigenvalue weighted by Crippen LogP contribution is 2.33. The standard InChI is InChI=1S/C13H11NO2/c1-8-6-7-10-9-4-3-5-11(15-2)12(9)16-13(10)14-8/h3-7H,1-2H3. The molecule has 0 radical (unpaired) electrons. The first-order valence-corrected chi connectivity index (χ1v) is 5.12. The van der Waals surface area contributed by atoms with E-state index < -0.39 is 0 Å². The number of aryl methyl sites for hydroxylation is 1. The highest BCUT2D eigenvalue weighted by molar-refractivity contribution is 6.05. The highest BCUT2D eigenvalue weighted by Gasteiger charge is 2.11. The third-order valence-electron chi connectivity index (χ3n) is 2.69. The van der Waals surface area contributed by atoms with Crippen LogP contribution in [0.4, 0.5) is 0 Å². The van der Waals surface area contributed by atoms with Crippen LogP contribution in [0.3, 0.4) is 0 Å². The molecule has 0 unspecified atom stereocenters. The Labute approximate surface area is 92.7 Å². The molecule has 0 N–H and O–H groups in total. The summed E-state index contributed by atoms with van der Waals surface area (Å²) in [4.78, 5) is 4.37. The Kier molecular flexibility index (Phi) is 1.86. The van der Waals surface area contributed by atoms with E-state index in [0.29, 0.717) is 5.71 Å². The normalized spacial score (nSPS) is 11.1. The van der Waals surface area contributed by atoms with Crippen molar-refractivity contribution in [1.82, 2.24) is 4.98 Å². The van der Waals surface area contributed by atoms with Gasteiger partial charge in [-0.2, -0.15) is 0 Å². The van der Waals surface area contributed by atoms with E-state index in [0.717, 1.165) is 27.8 Å². The van der Waals surface area contributed by atoms with Gasteiger partial charge in [0, 0.05) is 16.5 Å². The zero-order valence-corrected chi connectivity index (χ0v) is 9.15. The predicted octanol–water partition coefficient (Wildman–Crippen LogP) is 3.30. The number of rotatable bonds is 1. The minimum absolute atomic E-state index is 0.666. The van der Waals surface area contributed by atoms with Crippen molar-refractivity contribution < 1.29 is 9.15 Å².